The van der Waals surface area contributed by atoms with Crippen LogP contribution >= 0.6 is 23.2 Å². The number of rotatable bonds is 21. The number of nitrogens with two attached hydrogens (primary N) is 1. The van der Waals surface area contributed by atoms with Crippen molar-refractivity contribution in [3.63, 3.8) is 0 Å². The van der Waals surface area contributed by atoms with Gasteiger partial charge in [-0.2, -0.15) is 5.10 Å². The molecule has 0 radical (unpaired) electrons. The number of ether oxygens (including phenoxy) is 4. The Morgan fingerprint density at radius 3 is 2.02 bits per heavy atom. The summed E-state index contributed by atoms with van der Waals surface area (Å²) in [6.45, 7) is 8.23. The van der Waals surface area contributed by atoms with Crippen LogP contribution in [0.15, 0.2) is 47.7 Å². The second-order valence-corrected chi connectivity index (χ2v) is 12.1. The third-order valence-electron chi connectivity index (χ3n) is 7.22. The van der Waals surface area contributed by atoms with E-state index in [4.69, 9.17) is 47.9 Å². The molecule has 2 aromatic heterocycles. The first-order valence-electron chi connectivity index (χ1n) is 16.7. The quantitative estimate of drug-likeness (QED) is 0.154. The molecule has 0 bridgehead atoms. The number of hydrogen-bond donors (Lipinski definition) is 2. The average molecular weight is 753 g/mol. The molecule has 14 nitrogen and oxygen atoms in total. The fourth-order valence-corrected chi connectivity index (χ4v) is 5.10. The number of aryl methyl sites for hydroxylation is 1. The lowest BCUT2D eigenvalue weighted by atomic mass is 10.00. The Hall–Kier alpha value is -3.63. The van der Waals surface area contributed by atoms with Crippen molar-refractivity contribution in [1.29, 1.82) is 0 Å². The van der Waals surface area contributed by atoms with Crippen molar-refractivity contribution in [3.05, 3.63) is 74.4 Å². The third kappa shape index (κ3) is 14.5. The minimum atomic E-state index is -0.937. The number of halogens is 2. The first-order valence-corrected chi connectivity index (χ1v) is 17.5. The highest BCUT2D eigenvalue weighted by Crippen LogP contribution is 2.27. The van der Waals surface area contributed by atoms with Crippen LogP contribution in [0.5, 0.6) is 5.75 Å². The van der Waals surface area contributed by atoms with Crippen LogP contribution < -0.4 is 21.3 Å². The van der Waals surface area contributed by atoms with Crippen LogP contribution in [0.25, 0.3) is 11.1 Å². The molecule has 0 saturated carbocycles. The predicted octanol–water partition coefficient (Wildman–Crippen LogP) is 2.92. The number of benzene rings is 1. The predicted molar refractivity (Wildman–Crippen MR) is 199 cm³/mol. The number of carbonyl (C=O) groups excluding carboxylic acids is 2. The highest BCUT2D eigenvalue weighted by molar-refractivity contribution is 6.39. The zero-order chi connectivity index (χ0) is 37.8. The first kappa shape index (κ1) is 43.5. The smallest absolute Gasteiger partial charge is 0.278 e. The number of nitrogens with zero attached hydrogens (tertiary/aromatic N) is 5. The van der Waals surface area contributed by atoms with E-state index in [1.165, 1.54) is 23.3 Å². The van der Waals surface area contributed by atoms with E-state index in [1.807, 2.05) is 32.8 Å². The number of amides is 2. The van der Waals surface area contributed by atoms with Gasteiger partial charge in [0.25, 0.3) is 11.5 Å². The number of pyridine rings is 1. The highest BCUT2D eigenvalue weighted by atomic mass is 35.5. The molecule has 3 rings (SSSR count). The number of nitrogens with one attached hydrogen (secondary N) is 1. The van der Waals surface area contributed by atoms with Crippen LogP contribution in [0.1, 0.15) is 29.8 Å². The summed E-state index contributed by atoms with van der Waals surface area (Å²) in [7, 11) is 7.06. The van der Waals surface area contributed by atoms with E-state index in [9.17, 15) is 14.4 Å². The molecule has 0 fully saturated rings. The molecule has 1 atom stereocenters. The summed E-state index contributed by atoms with van der Waals surface area (Å²) in [5, 5.41) is 7.05. The Balaban J connectivity index is 0.00000442. The van der Waals surface area contributed by atoms with Gasteiger partial charge in [-0.3, -0.25) is 19.4 Å². The molecule has 1 unspecified atom stereocenters. The van der Waals surface area contributed by atoms with E-state index >= 15 is 0 Å². The van der Waals surface area contributed by atoms with Gasteiger partial charge in [-0.05, 0) is 25.2 Å². The second kappa shape index (κ2) is 23.8. The zero-order valence-electron chi connectivity index (χ0n) is 30.3. The lowest BCUT2D eigenvalue weighted by molar-refractivity contribution is -0.132. The van der Waals surface area contributed by atoms with Gasteiger partial charge in [0.2, 0.25) is 5.91 Å². The van der Waals surface area contributed by atoms with E-state index in [2.05, 4.69) is 15.4 Å². The highest BCUT2D eigenvalue weighted by Gasteiger charge is 2.27. The maximum atomic E-state index is 13.6. The fraction of sp³-hybridized carbons (Fsp3) is 0.514. The normalized spacial score (nSPS) is 11.5. The average Bonchev–Trinajstić information content (AvgIpc) is 3.11. The molecule has 3 aromatic rings. The molecule has 282 valence electrons. The maximum Gasteiger partial charge on any atom is 0.278 e. The Kier molecular flexibility index (Phi) is 20.3. The van der Waals surface area contributed by atoms with Crippen molar-refractivity contribution >= 4 is 35.0 Å². The van der Waals surface area contributed by atoms with Crippen molar-refractivity contribution in [2.75, 3.05) is 87.0 Å². The molecule has 0 aliphatic rings. The van der Waals surface area contributed by atoms with E-state index < -0.39 is 11.9 Å². The van der Waals surface area contributed by atoms with Crippen LogP contribution in [-0.2, 0) is 32.5 Å². The van der Waals surface area contributed by atoms with Gasteiger partial charge in [0, 0.05) is 52.5 Å². The molecule has 0 spiro atoms. The molecule has 2 amide bonds. The molecule has 2 heterocycles. The van der Waals surface area contributed by atoms with E-state index in [0.717, 1.165) is 5.56 Å². The third-order valence-corrected chi connectivity index (χ3v) is 7.79. The van der Waals surface area contributed by atoms with Crippen molar-refractivity contribution in [2.45, 2.75) is 26.3 Å². The molecule has 16 heteroatoms. The molecule has 0 aliphatic carbocycles. The molecular weight excluding hydrogens is 701 g/mol. The standard InChI is InChI=1S/C33H45Cl2N7O7.C2H6/c1-40(2)10-11-41(3)32(44)27(39-31(43)30-25(34)20-37-21-26(30)35)19-23-5-7-24(8-6-23)29-28(22-38-42(4)33(29)45)49-18-17-48-16-15-47-14-13-46-12-9-36;1-2/h5-8,20-22,27H,9-19,36H2,1-4H3,(H,39,43);1-2H3. The monoisotopic (exact) mass is 751 g/mol. The van der Waals surface area contributed by atoms with Crippen LogP contribution in [0.2, 0.25) is 10.0 Å². The van der Waals surface area contributed by atoms with Gasteiger partial charge in [0.15, 0.2) is 5.75 Å². The number of likely N-dealkylation sites (N-methyl/N-ethyl adjacent to an activating group) is 2. The number of carbonyl (C=O) groups is 2. The summed E-state index contributed by atoms with van der Waals surface area (Å²) in [5.41, 5.74) is 6.73. The zero-order valence-corrected chi connectivity index (χ0v) is 31.8. The summed E-state index contributed by atoms with van der Waals surface area (Å²) in [6.07, 6.45) is 4.28. The number of hydrogen-bond acceptors (Lipinski definition) is 11. The van der Waals surface area contributed by atoms with Crippen molar-refractivity contribution in [2.24, 2.45) is 12.8 Å². The Morgan fingerprint density at radius 1 is 0.882 bits per heavy atom. The van der Waals surface area contributed by atoms with E-state index in [0.29, 0.717) is 69.5 Å². The van der Waals surface area contributed by atoms with Crippen molar-refractivity contribution in [1.82, 2.24) is 29.9 Å². The van der Waals surface area contributed by atoms with Gasteiger partial charge in [0.1, 0.15) is 12.6 Å². The molecule has 0 saturated heterocycles. The SMILES string of the molecule is CC.CN(C)CCN(C)C(=O)C(Cc1ccc(-c2c(OCCOCCOCCOCCN)cnn(C)c2=O)cc1)NC(=O)c1c(Cl)cncc1Cl. The van der Waals surface area contributed by atoms with Gasteiger partial charge in [0.05, 0.1) is 67.0 Å². The van der Waals surface area contributed by atoms with E-state index in [1.54, 1.807) is 43.3 Å². The molecule has 3 N–H and O–H groups in total. The molecule has 1 aromatic carbocycles. The van der Waals surface area contributed by atoms with Gasteiger partial charge < -0.3 is 39.8 Å². The minimum absolute atomic E-state index is 0.0337. The van der Waals surface area contributed by atoms with Gasteiger partial charge in [-0.15, -0.1) is 0 Å². The lowest BCUT2D eigenvalue weighted by Crippen LogP contribution is -2.49. The Labute approximate surface area is 310 Å². The van der Waals surface area contributed by atoms with E-state index in [-0.39, 0.29) is 46.7 Å². The topological polar surface area (TPSA) is 163 Å². The van der Waals surface area contributed by atoms with Crippen LogP contribution in [0, 0.1) is 0 Å². The minimum Gasteiger partial charge on any atom is -0.489 e. The molecule has 0 aliphatic heterocycles. The van der Waals surface area contributed by atoms with Crippen LogP contribution in [0.4, 0.5) is 0 Å². The van der Waals surface area contributed by atoms with Gasteiger partial charge >= 0.3 is 0 Å². The molecule has 51 heavy (non-hydrogen) atoms. The largest absolute Gasteiger partial charge is 0.489 e. The summed E-state index contributed by atoms with van der Waals surface area (Å²) in [4.78, 5) is 47.4. The Morgan fingerprint density at radius 2 is 1.45 bits per heavy atom. The second-order valence-electron chi connectivity index (χ2n) is 11.3. The van der Waals surface area contributed by atoms with Crippen molar-refractivity contribution < 1.29 is 28.5 Å². The van der Waals surface area contributed by atoms with Gasteiger partial charge in [-0.1, -0.05) is 61.3 Å². The van der Waals surface area contributed by atoms with Crippen molar-refractivity contribution in [3.8, 4) is 16.9 Å². The van der Waals surface area contributed by atoms with Gasteiger partial charge in [-0.25, -0.2) is 4.68 Å². The Bertz CT molecular complexity index is 1540. The first-order chi connectivity index (χ1) is 24.5. The summed E-state index contributed by atoms with van der Waals surface area (Å²) < 4.78 is 23.4. The number of aromatic nitrogens is 3. The summed E-state index contributed by atoms with van der Waals surface area (Å²) in [6, 6.07) is 6.18. The maximum absolute atomic E-state index is 13.6. The van der Waals surface area contributed by atoms with Crippen LogP contribution in [0.3, 0.4) is 0 Å². The molecular formula is C35H51Cl2N7O7. The fourth-order valence-electron chi connectivity index (χ4n) is 4.56. The summed E-state index contributed by atoms with van der Waals surface area (Å²) in [5.74, 6) is -0.578. The summed E-state index contributed by atoms with van der Waals surface area (Å²) >= 11 is 12.4. The lowest BCUT2D eigenvalue weighted by Gasteiger charge is -2.26. The van der Waals surface area contributed by atoms with Crippen LogP contribution in [-0.4, -0.2) is 129 Å².